The van der Waals surface area contributed by atoms with Crippen molar-refractivity contribution in [2.75, 3.05) is 6.54 Å². The molecule has 0 radical (unpaired) electrons. The van der Waals surface area contributed by atoms with E-state index in [4.69, 9.17) is 28.3 Å². The van der Waals surface area contributed by atoms with E-state index in [2.05, 4.69) is 5.32 Å². The summed E-state index contributed by atoms with van der Waals surface area (Å²) < 4.78 is 0. The largest absolute Gasteiger partial charge is 0.465 e. The van der Waals surface area contributed by atoms with Gasteiger partial charge in [0, 0.05) is 13.0 Å². The van der Waals surface area contributed by atoms with Gasteiger partial charge in [0.15, 0.2) is 0 Å². The SMILES string of the molecule is O=CC[C@H](CCNC(=O)O)c1ccc(Cl)c(Cl)c1. The van der Waals surface area contributed by atoms with Crippen LogP contribution in [0.25, 0.3) is 0 Å². The summed E-state index contributed by atoms with van der Waals surface area (Å²) in [6.07, 6.45) is 0.588. The summed E-state index contributed by atoms with van der Waals surface area (Å²) in [6, 6.07) is 5.17. The third kappa shape index (κ3) is 4.55. The van der Waals surface area contributed by atoms with Crippen LogP contribution in [0.4, 0.5) is 4.79 Å². The zero-order valence-corrected chi connectivity index (χ0v) is 11.0. The molecule has 0 aliphatic carbocycles. The lowest BCUT2D eigenvalue weighted by Gasteiger charge is -2.15. The van der Waals surface area contributed by atoms with Gasteiger partial charge in [0.1, 0.15) is 6.29 Å². The number of rotatable bonds is 6. The average Bonchev–Trinajstić information content (AvgIpc) is 2.31. The fourth-order valence-corrected chi connectivity index (χ4v) is 1.96. The standard InChI is InChI=1S/C12H13Cl2NO3/c13-10-2-1-9(7-11(10)14)8(4-6-16)3-5-15-12(17)18/h1-2,6-8,15H,3-5H2,(H,17,18)/t8-/m0/s1. The second-order valence-corrected chi connectivity index (χ2v) is 4.61. The van der Waals surface area contributed by atoms with Crippen LogP contribution in [0.15, 0.2) is 18.2 Å². The van der Waals surface area contributed by atoms with Gasteiger partial charge in [0.2, 0.25) is 0 Å². The molecule has 2 N–H and O–H groups in total. The summed E-state index contributed by atoms with van der Waals surface area (Å²) in [5.74, 6) is -0.0656. The Kier molecular flexibility index (Phi) is 5.95. The smallest absolute Gasteiger partial charge is 0.404 e. The molecule has 0 aliphatic heterocycles. The van der Waals surface area contributed by atoms with Crippen LogP contribution in [-0.4, -0.2) is 24.0 Å². The van der Waals surface area contributed by atoms with Crippen molar-refractivity contribution >= 4 is 35.6 Å². The Morgan fingerprint density at radius 2 is 2.11 bits per heavy atom. The number of halogens is 2. The fraction of sp³-hybridized carbons (Fsp3) is 0.333. The van der Waals surface area contributed by atoms with Crippen molar-refractivity contribution < 1.29 is 14.7 Å². The lowest BCUT2D eigenvalue weighted by atomic mass is 9.93. The number of aldehydes is 1. The van der Waals surface area contributed by atoms with Gasteiger partial charge < -0.3 is 15.2 Å². The number of nitrogens with one attached hydrogen (secondary N) is 1. The van der Waals surface area contributed by atoms with Crippen molar-refractivity contribution in [2.45, 2.75) is 18.8 Å². The van der Waals surface area contributed by atoms with Crippen LogP contribution >= 0.6 is 23.2 Å². The maximum absolute atomic E-state index is 10.6. The topological polar surface area (TPSA) is 66.4 Å². The quantitative estimate of drug-likeness (QED) is 0.790. The molecule has 0 aliphatic rings. The minimum atomic E-state index is -1.08. The predicted octanol–water partition coefficient (Wildman–Crippen LogP) is 3.32. The van der Waals surface area contributed by atoms with E-state index in [1.54, 1.807) is 18.2 Å². The second kappa shape index (κ2) is 7.24. The predicted molar refractivity (Wildman–Crippen MR) is 70.5 cm³/mol. The van der Waals surface area contributed by atoms with E-state index in [0.29, 0.717) is 22.9 Å². The molecule has 0 heterocycles. The molecule has 1 aromatic rings. The third-order valence-corrected chi connectivity index (χ3v) is 3.30. The van der Waals surface area contributed by atoms with Gasteiger partial charge in [0.05, 0.1) is 10.0 Å². The molecule has 0 bridgehead atoms. The van der Waals surface area contributed by atoms with Gasteiger partial charge in [-0.1, -0.05) is 29.3 Å². The van der Waals surface area contributed by atoms with Crippen molar-refractivity contribution in [3.8, 4) is 0 Å². The van der Waals surface area contributed by atoms with Crippen molar-refractivity contribution in [3.05, 3.63) is 33.8 Å². The monoisotopic (exact) mass is 289 g/mol. The lowest BCUT2D eigenvalue weighted by molar-refractivity contribution is -0.108. The molecule has 1 atom stereocenters. The molecule has 1 rings (SSSR count). The highest BCUT2D eigenvalue weighted by Crippen LogP contribution is 2.29. The zero-order valence-electron chi connectivity index (χ0n) is 9.53. The molecule has 98 valence electrons. The number of carbonyl (C=O) groups excluding carboxylic acids is 1. The van der Waals surface area contributed by atoms with Crippen LogP contribution in [-0.2, 0) is 4.79 Å². The molecule has 0 fully saturated rings. The Labute approximate surface area is 115 Å². The minimum absolute atomic E-state index is 0.0656. The summed E-state index contributed by atoms with van der Waals surface area (Å²) >= 11 is 11.7. The van der Waals surface area contributed by atoms with Crippen LogP contribution < -0.4 is 5.32 Å². The summed E-state index contributed by atoms with van der Waals surface area (Å²) in [4.78, 5) is 21.0. The molecule has 18 heavy (non-hydrogen) atoms. The molecule has 1 aromatic carbocycles. The maximum Gasteiger partial charge on any atom is 0.404 e. The molecule has 0 aromatic heterocycles. The molecular weight excluding hydrogens is 277 g/mol. The highest BCUT2D eigenvalue weighted by Gasteiger charge is 2.13. The molecular formula is C12H13Cl2NO3. The number of carbonyl (C=O) groups is 2. The Morgan fingerprint density at radius 3 is 2.67 bits per heavy atom. The molecule has 0 saturated carbocycles. The first-order valence-electron chi connectivity index (χ1n) is 5.40. The van der Waals surface area contributed by atoms with Gasteiger partial charge in [0.25, 0.3) is 0 Å². The molecule has 0 unspecified atom stereocenters. The Morgan fingerprint density at radius 1 is 1.39 bits per heavy atom. The molecule has 4 nitrogen and oxygen atoms in total. The van der Waals surface area contributed by atoms with Gasteiger partial charge in [-0.2, -0.15) is 0 Å². The average molecular weight is 290 g/mol. The number of hydrogen-bond acceptors (Lipinski definition) is 2. The van der Waals surface area contributed by atoms with Gasteiger partial charge >= 0.3 is 6.09 Å². The first kappa shape index (κ1) is 14.8. The van der Waals surface area contributed by atoms with Crippen molar-refractivity contribution in [1.29, 1.82) is 0 Å². The number of amides is 1. The van der Waals surface area contributed by atoms with Crippen LogP contribution in [0.3, 0.4) is 0 Å². The normalized spacial score (nSPS) is 11.9. The van der Waals surface area contributed by atoms with Crippen LogP contribution in [0.5, 0.6) is 0 Å². The van der Waals surface area contributed by atoms with Crippen molar-refractivity contribution in [2.24, 2.45) is 0 Å². The van der Waals surface area contributed by atoms with E-state index in [1.807, 2.05) is 0 Å². The van der Waals surface area contributed by atoms with E-state index in [9.17, 15) is 9.59 Å². The Bertz CT molecular complexity index is 437. The van der Waals surface area contributed by atoms with E-state index in [0.717, 1.165) is 11.8 Å². The number of carboxylic acid groups (broad SMARTS) is 1. The maximum atomic E-state index is 10.6. The molecule has 0 saturated heterocycles. The van der Waals surface area contributed by atoms with E-state index in [1.165, 1.54) is 0 Å². The van der Waals surface area contributed by atoms with Crippen LogP contribution in [0, 0.1) is 0 Å². The number of benzene rings is 1. The first-order valence-corrected chi connectivity index (χ1v) is 6.15. The van der Waals surface area contributed by atoms with Crippen LogP contribution in [0.2, 0.25) is 10.0 Å². The van der Waals surface area contributed by atoms with Crippen molar-refractivity contribution in [3.63, 3.8) is 0 Å². The van der Waals surface area contributed by atoms with Crippen molar-refractivity contribution in [1.82, 2.24) is 5.32 Å². The zero-order chi connectivity index (χ0) is 13.5. The highest BCUT2D eigenvalue weighted by molar-refractivity contribution is 6.42. The Balaban J connectivity index is 2.73. The lowest BCUT2D eigenvalue weighted by Crippen LogP contribution is -2.23. The summed E-state index contributed by atoms with van der Waals surface area (Å²) in [7, 11) is 0. The summed E-state index contributed by atoms with van der Waals surface area (Å²) in [5, 5.41) is 11.6. The van der Waals surface area contributed by atoms with Crippen LogP contribution in [0.1, 0.15) is 24.3 Å². The second-order valence-electron chi connectivity index (χ2n) is 3.79. The van der Waals surface area contributed by atoms with Gasteiger partial charge in [-0.25, -0.2) is 4.79 Å². The first-order chi connectivity index (χ1) is 8.54. The minimum Gasteiger partial charge on any atom is -0.465 e. The van der Waals surface area contributed by atoms with E-state index >= 15 is 0 Å². The molecule has 1 amide bonds. The van der Waals surface area contributed by atoms with Gasteiger partial charge in [-0.05, 0) is 30.0 Å². The molecule has 0 spiro atoms. The highest BCUT2D eigenvalue weighted by atomic mass is 35.5. The van der Waals surface area contributed by atoms with Gasteiger partial charge in [-0.3, -0.25) is 0 Å². The van der Waals surface area contributed by atoms with Gasteiger partial charge in [-0.15, -0.1) is 0 Å². The summed E-state index contributed by atoms with van der Waals surface area (Å²) in [6.45, 7) is 0.286. The summed E-state index contributed by atoms with van der Waals surface area (Å²) in [5.41, 5.74) is 0.878. The fourth-order valence-electron chi connectivity index (χ4n) is 1.66. The number of hydrogen-bond donors (Lipinski definition) is 2. The van der Waals surface area contributed by atoms with E-state index in [-0.39, 0.29) is 12.5 Å². The van der Waals surface area contributed by atoms with E-state index < -0.39 is 6.09 Å². The Hall–Kier alpha value is -1.26. The third-order valence-electron chi connectivity index (χ3n) is 2.56. The molecule has 6 heteroatoms.